The molecule has 1 N–H and O–H groups in total. The molecule has 106 valence electrons. The van der Waals surface area contributed by atoms with Gasteiger partial charge in [0.1, 0.15) is 0 Å². The molecule has 1 aromatic rings. The summed E-state index contributed by atoms with van der Waals surface area (Å²) in [6.07, 6.45) is 4.83. The topological polar surface area (TPSA) is 49.4 Å². The van der Waals surface area contributed by atoms with Crippen molar-refractivity contribution in [2.45, 2.75) is 32.1 Å². The fraction of sp³-hybridized carbons (Fsp3) is 0.571. The summed E-state index contributed by atoms with van der Waals surface area (Å²) in [7, 11) is -3.25. The van der Waals surface area contributed by atoms with E-state index in [1.807, 2.05) is 18.2 Å². The fourth-order valence-electron chi connectivity index (χ4n) is 2.33. The smallest absolute Gasteiger partial charge is 0.202 e. The minimum atomic E-state index is -3.25. The molecular formula is C14H22N2O2S. The molecule has 0 aliphatic carbocycles. The van der Waals surface area contributed by atoms with Gasteiger partial charge in [0.05, 0.1) is 0 Å². The van der Waals surface area contributed by atoms with E-state index in [1.165, 1.54) is 5.56 Å². The number of piperidine rings is 1. The average molecular weight is 282 g/mol. The third-order valence-electron chi connectivity index (χ3n) is 3.42. The molecule has 4 nitrogen and oxygen atoms in total. The van der Waals surface area contributed by atoms with E-state index in [4.69, 9.17) is 0 Å². The first-order chi connectivity index (χ1) is 9.18. The number of hydrogen-bond acceptors (Lipinski definition) is 2. The molecule has 0 bridgehead atoms. The molecule has 0 atom stereocenters. The molecule has 0 radical (unpaired) electrons. The Balaban J connectivity index is 1.72. The van der Waals surface area contributed by atoms with Crippen LogP contribution in [-0.2, 0) is 16.6 Å². The highest BCUT2D eigenvalue weighted by Gasteiger charge is 2.22. The van der Waals surface area contributed by atoms with Gasteiger partial charge < -0.3 is 0 Å². The second-order valence-corrected chi connectivity index (χ2v) is 6.70. The third kappa shape index (κ3) is 4.60. The van der Waals surface area contributed by atoms with Crippen LogP contribution in [0.15, 0.2) is 30.3 Å². The van der Waals surface area contributed by atoms with E-state index in [9.17, 15) is 8.42 Å². The van der Waals surface area contributed by atoms with Gasteiger partial charge in [-0.1, -0.05) is 36.8 Å². The van der Waals surface area contributed by atoms with Crippen molar-refractivity contribution in [3.63, 3.8) is 0 Å². The van der Waals surface area contributed by atoms with Gasteiger partial charge in [-0.15, -0.1) is 0 Å². The van der Waals surface area contributed by atoms with Crippen molar-refractivity contribution < 1.29 is 8.42 Å². The zero-order valence-corrected chi connectivity index (χ0v) is 12.0. The minimum absolute atomic E-state index is 0.508. The van der Waals surface area contributed by atoms with Gasteiger partial charge in [0.15, 0.2) is 0 Å². The van der Waals surface area contributed by atoms with Crippen LogP contribution in [0, 0.1) is 0 Å². The highest BCUT2D eigenvalue weighted by atomic mass is 32.2. The molecule has 5 heteroatoms. The van der Waals surface area contributed by atoms with E-state index >= 15 is 0 Å². The summed E-state index contributed by atoms with van der Waals surface area (Å²) in [5.74, 6) is 0. The predicted molar refractivity (Wildman–Crippen MR) is 77.1 cm³/mol. The van der Waals surface area contributed by atoms with E-state index in [0.717, 1.165) is 32.1 Å². The Morgan fingerprint density at radius 3 is 2.42 bits per heavy atom. The quantitative estimate of drug-likeness (QED) is 0.811. The van der Waals surface area contributed by atoms with Crippen LogP contribution in [-0.4, -0.2) is 32.4 Å². The first kappa shape index (κ1) is 14.5. The van der Waals surface area contributed by atoms with Crippen LogP contribution >= 0.6 is 0 Å². The maximum absolute atomic E-state index is 12.0. The van der Waals surface area contributed by atoms with Gasteiger partial charge >= 0.3 is 0 Å². The van der Waals surface area contributed by atoms with E-state index < -0.39 is 10.2 Å². The predicted octanol–water partition coefficient (Wildman–Crippen LogP) is 1.94. The first-order valence-corrected chi connectivity index (χ1v) is 8.41. The summed E-state index contributed by atoms with van der Waals surface area (Å²) in [5.41, 5.74) is 1.25. The molecule has 0 unspecified atom stereocenters. The number of aryl methyl sites for hydroxylation is 1. The lowest BCUT2D eigenvalue weighted by Gasteiger charge is -2.25. The van der Waals surface area contributed by atoms with Crippen LogP contribution in [0.5, 0.6) is 0 Å². The highest BCUT2D eigenvalue weighted by Crippen LogP contribution is 2.11. The van der Waals surface area contributed by atoms with Crippen molar-refractivity contribution in [3.05, 3.63) is 35.9 Å². The van der Waals surface area contributed by atoms with Crippen molar-refractivity contribution >= 4 is 10.2 Å². The molecular weight excluding hydrogens is 260 g/mol. The van der Waals surface area contributed by atoms with Gasteiger partial charge in [-0.3, -0.25) is 0 Å². The van der Waals surface area contributed by atoms with Crippen LogP contribution in [0.1, 0.15) is 31.2 Å². The number of hydrogen-bond donors (Lipinski definition) is 1. The molecule has 1 aliphatic heterocycles. The van der Waals surface area contributed by atoms with Gasteiger partial charge in [0.2, 0.25) is 0 Å². The molecule has 1 heterocycles. The molecule has 1 saturated heterocycles. The van der Waals surface area contributed by atoms with E-state index in [2.05, 4.69) is 16.9 Å². The van der Waals surface area contributed by atoms with Crippen LogP contribution in [0.4, 0.5) is 0 Å². The largest absolute Gasteiger partial charge is 0.279 e. The SMILES string of the molecule is O=S(=O)(NCCCc1ccccc1)N1CCCCC1. The molecule has 2 rings (SSSR count). The lowest BCUT2D eigenvalue weighted by molar-refractivity contribution is 0.341. The van der Waals surface area contributed by atoms with Crippen LogP contribution < -0.4 is 4.72 Å². The molecule has 19 heavy (non-hydrogen) atoms. The molecule has 1 aliphatic rings. The molecule has 1 fully saturated rings. The Labute approximate surface area is 116 Å². The monoisotopic (exact) mass is 282 g/mol. The lowest BCUT2D eigenvalue weighted by atomic mass is 10.1. The summed E-state index contributed by atoms with van der Waals surface area (Å²) in [5, 5.41) is 0. The second kappa shape index (κ2) is 7.03. The Hall–Kier alpha value is -0.910. The summed E-state index contributed by atoms with van der Waals surface area (Å²) >= 11 is 0. The average Bonchev–Trinajstić information content (AvgIpc) is 2.46. The summed E-state index contributed by atoms with van der Waals surface area (Å²) in [6, 6.07) is 10.1. The summed E-state index contributed by atoms with van der Waals surface area (Å²) in [4.78, 5) is 0. The summed E-state index contributed by atoms with van der Waals surface area (Å²) < 4.78 is 28.3. The third-order valence-corrected chi connectivity index (χ3v) is 5.04. The van der Waals surface area contributed by atoms with Crippen molar-refractivity contribution in [2.75, 3.05) is 19.6 Å². The normalized spacial score (nSPS) is 17.5. The number of nitrogens with zero attached hydrogens (tertiary/aromatic N) is 1. The van der Waals surface area contributed by atoms with Gasteiger partial charge in [0, 0.05) is 19.6 Å². The van der Waals surface area contributed by atoms with Crippen molar-refractivity contribution in [1.29, 1.82) is 0 Å². The van der Waals surface area contributed by atoms with Crippen molar-refractivity contribution in [2.24, 2.45) is 0 Å². The van der Waals surface area contributed by atoms with Crippen LogP contribution in [0.2, 0.25) is 0 Å². The number of nitrogens with one attached hydrogen (secondary N) is 1. The second-order valence-electron chi connectivity index (χ2n) is 4.95. The molecule has 0 spiro atoms. The zero-order valence-electron chi connectivity index (χ0n) is 11.2. The number of rotatable bonds is 6. The fourth-order valence-corrected chi connectivity index (χ4v) is 3.66. The molecule has 0 saturated carbocycles. The van der Waals surface area contributed by atoms with E-state index in [-0.39, 0.29) is 0 Å². The Morgan fingerprint density at radius 2 is 1.74 bits per heavy atom. The van der Waals surface area contributed by atoms with E-state index in [0.29, 0.717) is 19.6 Å². The summed E-state index contributed by atoms with van der Waals surface area (Å²) in [6.45, 7) is 1.83. The Kier molecular flexibility index (Phi) is 5.36. The zero-order chi connectivity index (χ0) is 13.6. The van der Waals surface area contributed by atoms with E-state index in [1.54, 1.807) is 4.31 Å². The maximum atomic E-state index is 12.0. The molecule has 1 aromatic carbocycles. The molecule has 0 aromatic heterocycles. The minimum Gasteiger partial charge on any atom is -0.202 e. The van der Waals surface area contributed by atoms with Gasteiger partial charge in [-0.05, 0) is 31.2 Å². The highest BCUT2D eigenvalue weighted by molar-refractivity contribution is 7.87. The van der Waals surface area contributed by atoms with Crippen LogP contribution in [0.3, 0.4) is 0 Å². The van der Waals surface area contributed by atoms with Crippen LogP contribution in [0.25, 0.3) is 0 Å². The Morgan fingerprint density at radius 1 is 1.05 bits per heavy atom. The van der Waals surface area contributed by atoms with Crippen molar-refractivity contribution in [1.82, 2.24) is 9.03 Å². The maximum Gasteiger partial charge on any atom is 0.279 e. The molecule has 0 amide bonds. The van der Waals surface area contributed by atoms with Gasteiger partial charge in [-0.25, -0.2) is 4.72 Å². The van der Waals surface area contributed by atoms with Gasteiger partial charge in [-0.2, -0.15) is 12.7 Å². The van der Waals surface area contributed by atoms with Crippen molar-refractivity contribution in [3.8, 4) is 0 Å². The first-order valence-electron chi connectivity index (χ1n) is 6.97. The standard InChI is InChI=1S/C14H22N2O2S/c17-19(18,16-12-5-2-6-13-16)15-11-7-10-14-8-3-1-4-9-14/h1,3-4,8-9,15H,2,5-7,10-13H2. The Bertz CT molecular complexity index is 467. The number of benzene rings is 1. The lowest BCUT2D eigenvalue weighted by Crippen LogP contribution is -2.43. The van der Waals surface area contributed by atoms with Gasteiger partial charge in [0.25, 0.3) is 10.2 Å².